The highest BCUT2D eigenvalue weighted by molar-refractivity contribution is 5.85. The first-order valence-electron chi connectivity index (χ1n) is 7.41. The van der Waals surface area contributed by atoms with Crippen LogP contribution < -0.4 is 5.32 Å². The summed E-state index contributed by atoms with van der Waals surface area (Å²) in [5, 5.41) is 3.22. The third-order valence-corrected chi connectivity index (χ3v) is 4.45. The van der Waals surface area contributed by atoms with Gasteiger partial charge in [0, 0.05) is 18.5 Å². The third kappa shape index (κ3) is 3.74. The number of carbonyl (C=O) groups is 1. The second-order valence-corrected chi connectivity index (χ2v) is 6.03. The molecular formula is C16H22ClFN2O. The molecule has 1 aliphatic carbocycles. The molecule has 5 heteroatoms. The van der Waals surface area contributed by atoms with Crippen LogP contribution in [0, 0.1) is 17.7 Å². The summed E-state index contributed by atoms with van der Waals surface area (Å²) in [6, 6.07) is 6.86. The van der Waals surface area contributed by atoms with Crippen LogP contribution in [0.4, 0.5) is 4.39 Å². The molecule has 0 aromatic heterocycles. The van der Waals surface area contributed by atoms with Gasteiger partial charge in [0.25, 0.3) is 0 Å². The molecular weight excluding hydrogens is 291 g/mol. The first-order chi connectivity index (χ1) is 9.65. The van der Waals surface area contributed by atoms with Gasteiger partial charge in [0.15, 0.2) is 0 Å². The molecule has 1 atom stereocenters. The number of benzene rings is 1. The molecule has 1 saturated heterocycles. The van der Waals surface area contributed by atoms with Crippen molar-refractivity contribution in [3.63, 3.8) is 0 Å². The Morgan fingerprint density at radius 3 is 2.43 bits per heavy atom. The molecule has 116 valence electrons. The monoisotopic (exact) mass is 312 g/mol. The van der Waals surface area contributed by atoms with E-state index in [1.165, 1.54) is 12.1 Å². The van der Waals surface area contributed by atoms with Crippen molar-refractivity contribution in [2.45, 2.75) is 32.4 Å². The van der Waals surface area contributed by atoms with Crippen molar-refractivity contribution in [3.8, 4) is 0 Å². The van der Waals surface area contributed by atoms with Crippen molar-refractivity contribution in [2.75, 3.05) is 13.1 Å². The molecule has 3 nitrogen and oxygen atoms in total. The molecule has 3 rings (SSSR count). The first kappa shape index (κ1) is 16.2. The van der Waals surface area contributed by atoms with E-state index in [2.05, 4.69) is 5.32 Å². The Labute approximate surface area is 131 Å². The Bertz CT molecular complexity index is 486. The fraction of sp³-hybridized carbons (Fsp3) is 0.562. The van der Waals surface area contributed by atoms with Gasteiger partial charge in [-0.1, -0.05) is 19.1 Å². The van der Waals surface area contributed by atoms with Gasteiger partial charge in [0.1, 0.15) is 5.82 Å². The van der Waals surface area contributed by atoms with Crippen molar-refractivity contribution >= 4 is 18.3 Å². The molecule has 1 saturated carbocycles. The molecule has 1 N–H and O–H groups in total. The molecule has 1 aliphatic heterocycles. The maximum atomic E-state index is 13.0. The van der Waals surface area contributed by atoms with Crippen LogP contribution in [0.25, 0.3) is 0 Å². The minimum Gasteiger partial charge on any atom is -0.335 e. The van der Waals surface area contributed by atoms with E-state index in [-0.39, 0.29) is 30.0 Å². The van der Waals surface area contributed by atoms with Gasteiger partial charge in [0.2, 0.25) is 5.91 Å². The molecule has 1 amide bonds. The average Bonchev–Trinajstić information content (AvgIpc) is 3.19. The average molecular weight is 313 g/mol. The van der Waals surface area contributed by atoms with Crippen LogP contribution in [0.2, 0.25) is 0 Å². The lowest BCUT2D eigenvalue weighted by molar-refractivity contribution is -0.138. The van der Waals surface area contributed by atoms with Crippen LogP contribution in [-0.2, 0) is 11.3 Å². The molecule has 0 radical (unpaired) electrons. The van der Waals surface area contributed by atoms with Crippen molar-refractivity contribution in [2.24, 2.45) is 11.8 Å². The number of amides is 1. The highest BCUT2D eigenvalue weighted by atomic mass is 35.5. The number of nitrogens with zero attached hydrogens (tertiary/aromatic N) is 1. The fourth-order valence-corrected chi connectivity index (χ4v) is 2.69. The lowest BCUT2D eigenvalue weighted by Crippen LogP contribution is -2.50. The van der Waals surface area contributed by atoms with Crippen molar-refractivity contribution in [1.82, 2.24) is 10.2 Å². The van der Waals surface area contributed by atoms with Crippen molar-refractivity contribution < 1.29 is 9.18 Å². The third-order valence-electron chi connectivity index (χ3n) is 4.45. The van der Waals surface area contributed by atoms with Crippen LogP contribution in [0.15, 0.2) is 24.3 Å². The summed E-state index contributed by atoms with van der Waals surface area (Å²) in [4.78, 5) is 14.7. The maximum Gasteiger partial charge on any atom is 0.226 e. The summed E-state index contributed by atoms with van der Waals surface area (Å²) in [5.74, 6) is 0.574. The maximum absolute atomic E-state index is 13.0. The largest absolute Gasteiger partial charge is 0.335 e. The van der Waals surface area contributed by atoms with Crippen molar-refractivity contribution in [1.29, 1.82) is 0 Å². The van der Waals surface area contributed by atoms with E-state index in [4.69, 9.17) is 0 Å². The Kier molecular flexibility index (Phi) is 5.22. The second-order valence-electron chi connectivity index (χ2n) is 6.03. The van der Waals surface area contributed by atoms with Gasteiger partial charge in [-0.2, -0.15) is 0 Å². The minimum absolute atomic E-state index is 0. The Morgan fingerprint density at radius 2 is 1.95 bits per heavy atom. The zero-order valence-electron chi connectivity index (χ0n) is 12.2. The highest BCUT2D eigenvalue weighted by Crippen LogP contribution is 2.31. The van der Waals surface area contributed by atoms with Crippen LogP contribution in [0.1, 0.15) is 25.3 Å². The van der Waals surface area contributed by atoms with Crippen LogP contribution >= 0.6 is 12.4 Å². The zero-order chi connectivity index (χ0) is 14.1. The molecule has 1 heterocycles. The molecule has 1 aromatic carbocycles. The SMILES string of the molecule is CC(C(=O)N(Cc1ccc(F)cc1)C1CC1)C1CNC1.Cl. The van der Waals surface area contributed by atoms with Gasteiger partial charge >= 0.3 is 0 Å². The predicted octanol–water partition coefficient (Wildman–Crippen LogP) is 2.59. The van der Waals surface area contributed by atoms with E-state index in [1.807, 2.05) is 11.8 Å². The van der Waals surface area contributed by atoms with E-state index < -0.39 is 0 Å². The smallest absolute Gasteiger partial charge is 0.226 e. The lowest BCUT2D eigenvalue weighted by Gasteiger charge is -2.35. The normalized spacial score (nSPS) is 19.3. The number of nitrogens with one attached hydrogen (secondary N) is 1. The van der Waals surface area contributed by atoms with Crippen molar-refractivity contribution in [3.05, 3.63) is 35.6 Å². The molecule has 0 spiro atoms. The molecule has 0 bridgehead atoms. The lowest BCUT2D eigenvalue weighted by atomic mass is 9.88. The summed E-state index contributed by atoms with van der Waals surface area (Å²) >= 11 is 0. The topological polar surface area (TPSA) is 32.3 Å². The Morgan fingerprint density at radius 1 is 1.33 bits per heavy atom. The van der Waals surface area contributed by atoms with Gasteiger partial charge in [-0.15, -0.1) is 12.4 Å². The van der Waals surface area contributed by atoms with Gasteiger partial charge < -0.3 is 10.2 Å². The predicted molar refractivity (Wildman–Crippen MR) is 82.7 cm³/mol. The number of halogens is 2. The Hall–Kier alpha value is -1.13. The molecule has 2 aliphatic rings. The number of hydrogen-bond donors (Lipinski definition) is 1. The zero-order valence-corrected chi connectivity index (χ0v) is 13.0. The van der Waals surface area contributed by atoms with E-state index in [1.54, 1.807) is 12.1 Å². The van der Waals surface area contributed by atoms with E-state index in [9.17, 15) is 9.18 Å². The standard InChI is InChI=1S/C16H21FN2O.ClH/c1-11(13-8-18-9-13)16(20)19(15-6-7-15)10-12-2-4-14(17)5-3-12;/h2-5,11,13,15,18H,6-10H2,1H3;1H. The summed E-state index contributed by atoms with van der Waals surface area (Å²) in [7, 11) is 0. The molecule has 2 fully saturated rings. The quantitative estimate of drug-likeness (QED) is 0.906. The summed E-state index contributed by atoms with van der Waals surface area (Å²) in [5.41, 5.74) is 1.01. The van der Waals surface area contributed by atoms with Crippen LogP contribution in [-0.4, -0.2) is 29.9 Å². The van der Waals surface area contributed by atoms with Crippen LogP contribution in [0.3, 0.4) is 0 Å². The van der Waals surface area contributed by atoms with Gasteiger partial charge in [-0.05, 0) is 49.5 Å². The number of carbonyl (C=O) groups excluding carboxylic acids is 1. The molecule has 1 unspecified atom stereocenters. The second kappa shape index (κ2) is 6.75. The first-order valence-corrected chi connectivity index (χ1v) is 7.41. The Balaban J connectivity index is 0.00000161. The van der Waals surface area contributed by atoms with Gasteiger partial charge in [-0.25, -0.2) is 4.39 Å². The highest BCUT2D eigenvalue weighted by Gasteiger charge is 2.38. The van der Waals surface area contributed by atoms with Gasteiger partial charge in [0.05, 0.1) is 0 Å². The van der Waals surface area contributed by atoms with E-state index in [0.717, 1.165) is 31.5 Å². The summed E-state index contributed by atoms with van der Waals surface area (Å²) in [6.07, 6.45) is 2.20. The van der Waals surface area contributed by atoms with E-state index in [0.29, 0.717) is 18.5 Å². The molecule has 1 aromatic rings. The summed E-state index contributed by atoms with van der Waals surface area (Å²) in [6.45, 7) is 4.53. The van der Waals surface area contributed by atoms with E-state index >= 15 is 0 Å². The van der Waals surface area contributed by atoms with Crippen LogP contribution in [0.5, 0.6) is 0 Å². The molecule has 21 heavy (non-hydrogen) atoms. The fourth-order valence-electron chi connectivity index (χ4n) is 2.69. The minimum atomic E-state index is -0.230. The number of rotatable bonds is 5. The number of hydrogen-bond acceptors (Lipinski definition) is 2. The van der Waals surface area contributed by atoms with Gasteiger partial charge in [-0.3, -0.25) is 4.79 Å². The summed E-state index contributed by atoms with van der Waals surface area (Å²) < 4.78 is 13.0.